The molecule has 2 heterocycles. The smallest absolute Gasteiger partial charge is 0.151 e. The van der Waals surface area contributed by atoms with Crippen LogP contribution in [0.25, 0.3) is 11.0 Å². The topological polar surface area (TPSA) is 106 Å². The average Bonchev–Trinajstić information content (AvgIpc) is 2.94. The normalized spacial score (nSPS) is 12.2. The number of ether oxygens (including phenoxy) is 1. The van der Waals surface area contributed by atoms with E-state index in [2.05, 4.69) is 9.97 Å². The van der Waals surface area contributed by atoms with Gasteiger partial charge in [0, 0.05) is 24.3 Å². The number of pyridine rings is 1. The third kappa shape index (κ3) is 3.24. The minimum absolute atomic E-state index is 0.105. The van der Waals surface area contributed by atoms with E-state index in [0.717, 1.165) is 22.6 Å². The molecule has 0 bridgehead atoms. The molecule has 0 aliphatic heterocycles. The molecule has 134 valence electrons. The van der Waals surface area contributed by atoms with Gasteiger partial charge in [-0.1, -0.05) is 6.92 Å². The lowest BCUT2D eigenvalue weighted by molar-refractivity contribution is 0.0347. The Morgan fingerprint density at radius 1 is 1.17 bits per heavy atom. The molecule has 0 saturated heterocycles. The van der Waals surface area contributed by atoms with E-state index in [1.54, 1.807) is 0 Å². The fourth-order valence-corrected chi connectivity index (χ4v) is 2.84. The van der Waals surface area contributed by atoms with Gasteiger partial charge in [0.15, 0.2) is 5.82 Å². The van der Waals surface area contributed by atoms with Crippen molar-refractivity contribution in [1.29, 1.82) is 0 Å². The third-order valence-corrected chi connectivity index (χ3v) is 4.82. The largest absolute Gasteiger partial charge is 0.396 e. The maximum absolute atomic E-state index is 9.83. The number of aliphatic hydroxyl groups excluding tert-OH is 2. The Labute approximate surface area is 142 Å². The number of imidazole rings is 1. The van der Waals surface area contributed by atoms with Crippen molar-refractivity contribution in [3.8, 4) is 0 Å². The number of aliphatic hydroxyl groups is 2. The molecule has 24 heavy (non-hydrogen) atoms. The van der Waals surface area contributed by atoms with Crippen molar-refractivity contribution in [1.82, 2.24) is 14.5 Å². The number of anilines is 1. The van der Waals surface area contributed by atoms with Crippen LogP contribution in [0.5, 0.6) is 0 Å². The van der Waals surface area contributed by atoms with E-state index in [4.69, 9.17) is 10.5 Å². The summed E-state index contributed by atoms with van der Waals surface area (Å²) in [5.41, 5.74) is 8.84. The Balaban J connectivity index is 2.67. The number of nitrogens with two attached hydrogens (primary N) is 1. The van der Waals surface area contributed by atoms with Gasteiger partial charge in [-0.25, -0.2) is 9.97 Å². The molecule has 0 unspecified atom stereocenters. The van der Waals surface area contributed by atoms with Crippen LogP contribution in [-0.4, -0.2) is 44.6 Å². The minimum atomic E-state index is -0.618. The SMILES string of the molecule is CCOCc1nc2c(N)nc(C)c(C)c2n1CC(CC)(CO)CO. The number of nitrogens with zero attached hydrogens (tertiary/aromatic N) is 3. The highest BCUT2D eigenvalue weighted by atomic mass is 16.5. The van der Waals surface area contributed by atoms with Crippen LogP contribution < -0.4 is 5.73 Å². The van der Waals surface area contributed by atoms with Gasteiger partial charge in [0.2, 0.25) is 0 Å². The van der Waals surface area contributed by atoms with Crippen molar-refractivity contribution in [3.05, 3.63) is 17.1 Å². The van der Waals surface area contributed by atoms with Gasteiger partial charge in [-0.2, -0.15) is 0 Å². The van der Waals surface area contributed by atoms with E-state index in [9.17, 15) is 10.2 Å². The number of nitrogen functional groups attached to an aromatic ring is 1. The highest BCUT2D eigenvalue weighted by Crippen LogP contribution is 2.31. The quantitative estimate of drug-likeness (QED) is 0.675. The molecule has 0 aliphatic carbocycles. The van der Waals surface area contributed by atoms with E-state index in [-0.39, 0.29) is 13.2 Å². The van der Waals surface area contributed by atoms with Gasteiger partial charge in [0.05, 0.1) is 18.7 Å². The fourth-order valence-electron chi connectivity index (χ4n) is 2.84. The molecule has 7 nitrogen and oxygen atoms in total. The number of aromatic nitrogens is 3. The lowest BCUT2D eigenvalue weighted by Crippen LogP contribution is -2.34. The second-order valence-corrected chi connectivity index (χ2v) is 6.33. The number of fused-ring (bicyclic) bond motifs is 1. The zero-order valence-electron chi connectivity index (χ0n) is 15.0. The molecule has 0 radical (unpaired) electrons. The molecule has 2 rings (SSSR count). The number of hydrogen-bond acceptors (Lipinski definition) is 6. The lowest BCUT2D eigenvalue weighted by atomic mass is 9.86. The van der Waals surface area contributed by atoms with Gasteiger partial charge in [0.1, 0.15) is 17.9 Å². The number of aryl methyl sites for hydroxylation is 2. The Hall–Kier alpha value is -1.70. The second-order valence-electron chi connectivity index (χ2n) is 6.33. The lowest BCUT2D eigenvalue weighted by Gasteiger charge is -2.30. The highest BCUT2D eigenvalue weighted by molar-refractivity contribution is 5.88. The Bertz CT molecular complexity index is 699. The minimum Gasteiger partial charge on any atom is -0.396 e. The first kappa shape index (κ1) is 18.6. The Kier molecular flexibility index (Phi) is 5.79. The standard InChI is InChI=1S/C17H28N4O3/c1-5-17(9-22,10-23)8-21-13(7-24-6-2)20-14-15(21)11(3)12(4)19-16(14)18/h22-23H,5-10H2,1-4H3,(H2,18,19). The predicted molar refractivity (Wildman–Crippen MR) is 93.6 cm³/mol. The summed E-state index contributed by atoms with van der Waals surface area (Å²) in [5, 5.41) is 19.7. The third-order valence-electron chi connectivity index (χ3n) is 4.82. The molecule has 0 atom stereocenters. The summed E-state index contributed by atoms with van der Waals surface area (Å²) in [6, 6.07) is 0. The summed E-state index contributed by atoms with van der Waals surface area (Å²) in [7, 11) is 0. The molecule has 0 aromatic carbocycles. The molecule has 0 fully saturated rings. The summed E-state index contributed by atoms with van der Waals surface area (Å²) >= 11 is 0. The first-order valence-electron chi connectivity index (χ1n) is 8.34. The van der Waals surface area contributed by atoms with E-state index in [0.29, 0.717) is 37.5 Å². The zero-order valence-corrected chi connectivity index (χ0v) is 15.0. The second kappa shape index (κ2) is 7.46. The van der Waals surface area contributed by atoms with Crippen molar-refractivity contribution in [2.75, 3.05) is 25.6 Å². The van der Waals surface area contributed by atoms with Crippen LogP contribution >= 0.6 is 0 Å². The highest BCUT2D eigenvalue weighted by Gasteiger charge is 2.30. The molecule has 0 spiro atoms. The summed E-state index contributed by atoms with van der Waals surface area (Å²) < 4.78 is 7.56. The number of hydrogen-bond donors (Lipinski definition) is 3. The zero-order chi connectivity index (χ0) is 17.9. The van der Waals surface area contributed by atoms with E-state index < -0.39 is 5.41 Å². The molecule has 7 heteroatoms. The van der Waals surface area contributed by atoms with Crippen molar-refractivity contribution >= 4 is 16.9 Å². The van der Waals surface area contributed by atoms with Crippen LogP contribution in [0.15, 0.2) is 0 Å². The molecular formula is C17H28N4O3. The summed E-state index contributed by atoms with van der Waals surface area (Å²) in [5.74, 6) is 1.12. The maximum Gasteiger partial charge on any atom is 0.151 e. The average molecular weight is 336 g/mol. The molecule has 2 aromatic rings. The Morgan fingerprint density at radius 2 is 1.83 bits per heavy atom. The van der Waals surface area contributed by atoms with Gasteiger partial charge in [-0.15, -0.1) is 0 Å². The van der Waals surface area contributed by atoms with Crippen molar-refractivity contribution in [3.63, 3.8) is 0 Å². The van der Waals surface area contributed by atoms with E-state index in [1.807, 2.05) is 32.3 Å². The van der Waals surface area contributed by atoms with Crippen molar-refractivity contribution in [2.24, 2.45) is 5.41 Å². The van der Waals surface area contributed by atoms with Crippen LogP contribution in [0.4, 0.5) is 5.82 Å². The molecule has 0 saturated carbocycles. The van der Waals surface area contributed by atoms with Crippen LogP contribution in [-0.2, 0) is 17.9 Å². The van der Waals surface area contributed by atoms with Gasteiger partial charge in [-0.05, 0) is 32.8 Å². The Morgan fingerprint density at radius 3 is 2.38 bits per heavy atom. The van der Waals surface area contributed by atoms with Gasteiger partial charge in [0.25, 0.3) is 0 Å². The van der Waals surface area contributed by atoms with Gasteiger partial charge >= 0.3 is 0 Å². The molecular weight excluding hydrogens is 308 g/mol. The fraction of sp³-hybridized carbons (Fsp3) is 0.647. The molecule has 0 aliphatic rings. The summed E-state index contributed by atoms with van der Waals surface area (Å²) in [6.45, 7) is 8.94. The molecule has 0 amide bonds. The van der Waals surface area contributed by atoms with Crippen LogP contribution in [0, 0.1) is 19.3 Å². The van der Waals surface area contributed by atoms with E-state index >= 15 is 0 Å². The van der Waals surface area contributed by atoms with Gasteiger partial charge < -0.3 is 25.3 Å². The van der Waals surface area contributed by atoms with E-state index in [1.165, 1.54) is 0 Å². The summed E-state index contributed by atoms with van der Waals surface area (Å²) in [6.07, 6.45) is 0.645. The molecule has 4 N–H and O–H groups in total. The van der Waals surface area contributed by atoms with Crippen LogP contribution in [0.3, 0.4) is 0 Å². The maximum atomic E-state index is 9.83. The number of rotatable bonds is 8. The van der Waals surface area contributed by atoms with Gasteiger partial charge in [-0.3, -0.25) is 0 Å². The van der Waals surface area contributed by atoms with Crippen molar-refractivity contribution in [2.45, 2.75) is 47.3 Å². The monoisotopic (exact) mass is 336 g/mol. The summed E-state index contributed by atoms with van der Waals surface area (Å²) in [4.78, 5) is 8.98. The van der Waals surface area contributed by atoms with Crippen LogP contribution in [0.2, 0.25) is 0 Å². The molecule has 2 aromatic heterocycles. The first-order chi connectivity index (χ1) is 11.4. The predicted octanol–water partition coefficient (Wildman–Crippen LogP) is 1.55. The first-order valence-corrected chi connectivity index (χ1v) is 8.34. The van der Waals surface area contributed by atoms with Crippen molar-refractivity contribution < 1.29 is 14.9 Å². The van der Waals surface area contributed by atoms with Crippen LogP contribution in [0.1, 0.15) is 37.4 Å².